The highest BCUT2D eigenvalue weighted by atomic mass is 16.5. The number of nitrogens with one attached hydrogen (secondary N) is 2. The predicted octanol–water partition coefficient (Wildman–Crippen LogP) is 5.65. The highest BCUT2D eigenvalue weighted by molar-refractivity contribution is 5.93. The number of hydroxylamine groups is 1. The molecule has 0 unspecified atom stereocenters. The summed E-state index contributed by atoms with van der Waals surface area (Å²) < 4.78 is 0. The highest BCUT2D eigenvalue weighted by Crippen LogP contribution is 2.26. The molecule has 0 aliphatic rings. The molecule has 0 aliphatic heterocycles. The number of amides is 2. The largest absolute Gasteiger partial charge is 0.352 e. The number of unbranched alkanes of at least 4 members (excludes halogenated alkanes) is 3. The van der Waals surface area contributed by atoms with E-state index in [1.165, 1.54) is 12.4 Å². The maximum Gasteiger partial charge on any atom is 0.254 e. The summed E-state index contributed by atoms with van der Waals surface area (Å²) in [5.41, 5.74) is 3.73. The van der Waals surface area contributed by atoms with Gasteiger partial charge < -0.3 is 5.32 Å². The number of carbonyl (C=O) groups is 2. The molecule has 0 fully saturated rings. The zero-order valence-electron chi connectivity index (χ0n) is 19.8. The van der Waals surface area contributed by atoms with Crippen molar-refractivity contribution in [3.8, 4) is 0 Å². The second-order valence-electron chi connectivity index (χ2n) is 6.82. The summed E-state index contributed by atoms with van der Waals surface area (Å²) in [5, 5.41) is 11.3. The van der Waals surface area contributed by atoms with Crippen LogP contribution in [0.15, 0.2) is 67.2 Å². The molecular weight excluding hydrogens is 418 g/mol. The van der Waals surface area contributed by atoms with Crippen LogP contribution >= 0.6 is 0 Å². The van der Waals surface area contributed by atoms with Gasteiger partial charge in [-0.1, -0.05) is 57.5 Å². The van der Waals surface area contributed by atoms with Gasteiger partial charge in [0, 0.05) is 41.0 Å². The topological polar surface area (TPSA) is 107 Å². The molecule has 0 aliphatic carbocycles. The molecule has 2 amide bonds. The summed E-state index contributed by atoms with van der Waals surface area (Å²) in [6, 6.07) is 9.70. The number of rotatable bonds is 12. The van der Waals surface area contributed by atoms with Gasteiger partial charge in [0.25, 0.3) is 5.91 Å². The first-order chi connectivity index (χ1) is 16.1. The van der Waals surface area contributed by atoms with E-state index in [2.05, 4.69) is 21.9 Å². The molecule has 0 bridgehead atoms. The van der Waals surface area contributed by atoms with Crippen molar-refractivity contribution in [2.75, 3.05) is 11.4 Å². The molecule has 0 spiro atoms. The standard InChI is InChI=1S/C23H29N5O3.C2H6.3H2/c1-3-19(4-2)28(20-12-8-7-9-13-20)23-25-16-18(17-26-23)22(30)24-15-11-6-5-10-14-21(29)27-31;1-2;;;/h3-4,7-9,12-13,16-17,31H,1,5-6,10-11,14-15H2,2H3,(H,24,30)(H,27,29);1-2H3;3*1H/b19-4+;;;;. The lowest BCUT2D eigenvalue weighted by atomic mass is 10.1. The normalized spacial score (nSPS) is 10.5. The molecular formula is C25H41N5O3. The van der Waals surface area contributed by atoms with E-state index in [9.17, 15) is 9.59 Å². The highest BCUT2D eigenvalue weighted by Gasteiger charge is 2.16. The Hall–Kier alpha value is -3.52. The minimum atomic E-state index is -0.378. The lowest BCUT2D eigenvalue weighted by Crippen LogP contribution is -2.25. The molecule has 8 nitrogen and oxygen atoms in total. The summed E-state index contributed by atoms with van der Waals surface area (Å²) in [6.07, 6.45) is 10.2. The van der Waals surface area contributed by atoms with E-state index in [4.69, 9.17) is 5.21 Å². The fourth-order valence-electron chi connectivity index (χ4n) is 2.97. The van der Waals surface area contributed by atoms with Crippen LogP contribution in [0.3, 0.4) is 0 Å². The third-order valence-corrected chi connectivity index (χ3v) is 4.62. The molecule has 1 aromatic heterocycles. The summed E-state index contributed by atoms with van der Waals surface area (Å²) in [4.78, 5) is 33.9. The maximum absolute atomic E-state index is 12.3. The van der Waals surface area contributed by atoms with E-state index in [0.717, 1.165) is 30.6 Å². The number of hydrogen-bond donors (Lipinski definition) is 3. The zero-order valence-corrected chi connectivity index (χ0v) is 19.8. The Labute approximate surface area is 200 Å². The van der Waals surface area contributed by atoms with Crippen LogP contribution in [0.5, 0.6) is 0 Å². The van der Waals surface area contributed by atoms with Gasteiger partial charge in [-0.15, -0.1) is 0 Å². The summed E-state index contributed by atoms with van der Waals surface area (Å²) in [7, 11) is 0. The lowest BCUT2D eigenvalue weighted by Gasteiger charge is -2.23. The smallest absolute Gasteiger partial charge is 0.254 e. The van der Waals surface area contributed by atoms with Crippen molar-refractivity contribution in [2.24, 2.45) is 0 Å². The van der Waals surface area contributed by atoms with Gasteiger partial charge in [0.1, 0.15) is 0 Å². The Morgan fingerprint density at radius 1 is 1.09 bits per heavy atom. The Kier molecular flexibility index (Phi) is 13.5. The average Bonchev–Trinajstić information content (AvgIpc) is 2.88. The van der Waals surface area contributed by atoms with Crippen LogP contribution in [0.25, 0.3) is 0 Å². The molecule has 33 heavy (non-hydrogen) atoms. The van der Waals surface area contributed by atoms with Crippen LogP contribution in [-0.2, 0) is 4.79 Å². The van der Waals surface area contributed by atoms with Crippen LogP contribution in [0.2, 0.25) is 0 Å². The van der Waals surface area contributed by atoms with Crippen molar-refractivity contribution >= 4 is 23.5 Å². The van der Waals surface area contributed by atoms with Gasteiger partial charge in [-0.3, -0.25) is 19.7 Å². The molecule has 1 heterocycles. The summed E-state index contributed by atoms with van der Waals surface area (Å²) in [6.45, 7) is 10.3. The Balaban J connectivity index is -0.00000212. The van der Waals surface area contributed by atoms with Crippen molar-refractivity contribution in [3.63, 3.8) is 0 Å². The fraction of sp³-hybridized carbons (Fsp3) is 0.360. The van der Waals surface area contributed by atoms with E-state index >= 15 is 0 Å². The van der Waals surface area contributed by atoms with Gasteiger partial charge in [0.2, 0.25) is 11.9 Å². The average molecular weight is 460 g/mol. The summed E-state index contributed by atoms with van der Waals surface area (Å²) >= 11 is 0. The maximum atomic E-state index is 12.3. The van der Waals surface area contributed by atoms with E-state index in [-0.39, 0.29) is 16.1 Å². The SMILES string of the molecule is C=C/C(=C\C)N(c1ccccc1)c1ncc(C(=O)NCCCCCCC(=O)NO)cn1.CC.[HH].[HH].[HH]. The molecule has 0 radical (unpaired) electrons. The Bertz CT molecular complexity index is 898. The van der Waals surface area contributed by atoms with E-state index in [1.54, 1.807) is 11.6 Å². The third-order valence-electron chi connectivity index (χ3n) is 4.62. The number of anilines is 2. The van der Waals surface area contributed by atoms with E-state index in [0.29, 0.717) is 30.9 Å². The minimum absolute atomic E-state index is 0. The first-order valence-corrected chi connectivity index (χ1v) is 11.3. The Morgan fingerprint density at radius 3 is 2.30 bits per heavy atom. The van der Waals surface area contributed by atoms with Crippen LogP contribution in [0.1, 0.15) is 67.5 Å². The van der Waals surface area contributed by atoms with Gasteiger partial charge in [-0.05, 0) is 38.0 Å². The summed E-state index contributed by atoms with van der Waals surface area (Å²) in [5.74, 6) is -0.160. The van der Waals surface area contributed by atoms with Gasteiger partial charge in [0.15, 0.2) is 0 Å². The monoisotopic (exact) mass is 459 g/mol. The van der Waals surface area contributed by atoms with Crippen LogP contribution in [-0.4, -0.2) is 33.5 Å². The second-order valence-corrected chi connectivity index (χ2v) is 6.82. The third kappa shape index (κ3) is 9.24. The van der Waals surface area contributed by atoms with Crippen LogP contribution < -0.4 is 15.7 Å². The first kappa shape index (κ1) is 27.5. The molecule has 8 heteroatoms. The van der Waals surface area contributed by atoms with Crippen molar-refractivity contribution in [1.82, 2.24) is 20.8 Å². The van der Waals surface area contributed by atoms with Crippen molar-refractivity contribution < 1.29 is 19.1 Å². The fourth-order valence-corrected chi connectivity index (χ4v) is 2.97. The number of aromatic nitrogens is 2. The number of para-hydroxylation sites is 1. The predicted molar refractivity (Wildman–Crippen MR) is 138 cm³/mol. The van der Waals surface area contributed by atoms with Crippen LogP contribution in [0, 0.1) is 0 Å². The van der Waals surface area contributed by atoms with Gasteiger partial charge in [-0.25, -0.2) is 15.4 Å². The number of carbonyl (C=O) groups excluding carboxylic acids is 2. The van der Waals surface area contributed by atoms with Crippen LogP contribution in [0.4, 0.5) is 11.6 Å². The molecule has 2 rings (SSSR count). The first-order valence-electron chi connectivity index (χ1n) is 11.3. The Morgan fingerprint density at radius 2 is 1.73 bits per heavy atom. The molecule has 2 aromatic rings. The van der Waals surface area contributed by atoms with Crippen molar-refractivity contribution in [1.29, 1.82) is 0 Å². The van der Waals surface area contributed by atoms with Gasteiger partial charge >= 0.3 is 0 Å². The molecule has 3 N–H and O–H groups in total. The van der Waals surface area contributed by atoms with E-state index < -0.39 is 0 Å². The number of nitrogens with zero attached hydrogens (tertiary/aromatic N) is 3. The molecule has 0 saturated carbocycles. The van der Waals surface area contributed by atoms with Crippen molar-refractivity contribution in [2.45, 2.75) is 52.9 Å². The zero-order chi connectivity index (χ0) is 24.5. The van der Waals surface area contributed by atoms with Crippen molar-refractivity contribution in [3.05, 3.63) is 72.7 Å². The number of allylic oxidation sites excluding steroid dienone is 2. The quantitative estimate of drug-likeness (QED) is 0.164. The number of benzene rings is 1. The lowest BCUT2D eigenvalue weighted by molar-refractivity contribution is -0.129. The molecule has 1 aromatic carbocycles. The van der Waals surface area contributed by atoms with E-state index in [1.807, 2.05) is 62.1 Å². The number of hydrogen-bond acceptors (Lipinski definition) is 6. The van der Waals surface area contributed by atoms with Gasteiger partial charge in [-0.2, -0.15) is 0 Å². The molecule has 0 atom stereocenters. The molecule has 184 valence electrons. The second kappa shape index (κ2) is 16.2. The van der Waals surface area contributed by atoms with Gasteiger partial charge in [0.05, 0.1) is 5.56 Å². The minimum Gasteiger partial charge on any atom is -0.352 e. The molecule has 0 saturated heterocycles.